The highest BCUT2D eigenvalue weighted by molar-refractivity contribution is 7.90. The monoisotopic (exact) mass is 453 g/mol. The van der Waals surface area contributed by atoms with E-state index < -0.39 is 9.84 Å². The van der Waals surface area contributed by atoms with Gasteiger partial charge in [-0.15, -0.1) is 0 Å². The summed E-state index contributed by atoms with van der Waals surface area (Å²) < 4.78 is 24.8. The van der Waals surface area contributed by atoms with E-state index in [2.05, 4.69) is 10.1 Å². The highest BCUT2D eigenvalue weighted by atomic mass is 32.2. The average molecular weight is 454 g/mol. The van der Waals surface area contributed by atoms with Crippen LogP contribution in [-0.4, -0.2) is 64.4 Å². The van der Waals surface area contributed by atoms with E-state index in [9.17, 15) is 18.0 Å². The molecule has 3 heterocycles. The Morgan fingerprint density at radius 1 is 0.938 bits per heavy atom. The van der Waals surface area contributed by atoms with Crippen LogP contribution < -0.4 is 0 Å². The topological polar surface area (TPSA) is 105 Å². The zero-order chi connectivity index (χ0) is 22.7. The van der Waals surface area contributed by atoms with Crippen molar-refractivity contribution in [2.75, 3.05) is 19.3 Å². The summed E-state index contributed by atoms with van der Waals surface area (Å²) in [5, 5.41) is 7.39. The minimum atomic E-state index is -3.29. The lowest BCUT2D eigenvalue weighted by atomic mass is 10.1. The maximum Gasteiger partial charge on any atom is 0.262 e. The highest BCUT2D eigenvalue weighted by Gasteiger charge is 2.30. The van der Waals surface area contributed by atoms with Gasteiger partial charge < -0.3 is 0 Å². The van der Waals surface area contributed by atoms with Gasteiger partial charge in [0.1, 0.15) is 6.54 Å². The summed E-state index contributed by atoms with van der Waals surface area (Å²) in [5.41, 5.74) is 2.34. The molecule has 166 valence electrons. The Balaban J connectivity index is 1.40. The Kier molecular flexibility index (Phi) is 6.04. The van der Waals surface area contributed by atoms with Gasteiger partial charge in [-0.3, -0.25) is 24.3 Å². The van der Waals surface area contributed by atoms with Crippen molar-refractivity contribution in [2.24, 2.45) is 0 Å². The molecule has 1 aliphatic rings. The van der Waals surface area contributed by atoms with E-state index in [-0.39, 0.29) is 29.7 Å². The summed E-state index contributed by atoms with van der Waals surface area (Å²) in [6, 6.07) is 11.7. The van der Waals surface area contributed by atoms with Gasteiger partial charge >= 0.3 is 0 Å². The summed E-state index contributed by atoms with van der Waals surface area (Å²) in [5.74, 6) is -0.423. The van der Waals surface area contributed by atoms with Gasteiger partial charge in [0.15, 0.2) is 9.84 Å². The van der Waals surface area contributed by atoms with E-state index >= 15 is 0 Å². The van der Waals surface area contributed by atoms with Gasteiger partial charge in [0.25, 0.3) is 5.91 Å². The number of carbonyl (C=O) groups is 2. The number of hydrogen-bond acceptors (Lipinski definition) is 6. The van der Waals surface area contributed by atoms with Crippen molar-refractivity contribution in [1.82, 2.24) is 24.8 Å². The predicted molar refractivity (Wildman–Crippen MR) is 117 cm³/mol. The summed E-state index contributed by atoms with van der Waals surface area (Å²) >= 11 is 0. The van der Waals surface area contributed by atoms with Gasteiger partial charge in [0.05, 0.1) is 17.0 Å². The van der Waals surface area contributed by atoms with Crippen LogP contribution in [0.1, 0.15) is 12.0 Å². The first-order valence-corrected chi connectivity index (χ1v) is 12.0. The van der Waals surface area contributed by atoms with Crippen LogP contribution >= 0.6 is 0 Å². The standard InChI is InChI=1S/C22H23N5O4S/c1-32(30,31)19-5-3-17(4-6-19)15-21(28)26-12-2-13-27(26)22(29)16-25-14-9-20(24-25)18-7-10-23-11-8-18/h3-11,14H,2,12-13,15-16H2,1H3. The number of amides is 2. The van der Waals surface area contributed by atoms with Crippen molar-refractivity contribution < 1.29 is 18.0 Å². The van der Waals surface area contributed by atoms with E-state index in [1.165, 1.54) is 22.2 Å². The number of hydrazine groups is 1. The number of rotatable bonds is 6. The molecule has 0 N–H and O–H groups in total. The average Bonchev–Trinajstić information content (AvgIpc) is 3.44. The van der Waals surface area contributed by atoms with Crippen molar-refractivity contribution >= 4 is 21.7 Å². The fourth-order valence-corrected chi connectivity index (χ4v) is 4.23. The van der Waals surface area contributed by atoms with Crippen molar-refractivity contribution in [1.29, 1.82) is 0 Å². The quantitative estimate of drug-likeness (QED) is 0.561. The van der Waals surface area contributed by atoms with Gasteiger partial charge in [0.2, 0.25) is 5.91 Å². The second-order valence-corrected chi connectivity index (χ2v) is 9.63. The number of nitrogens with zero attached hydrogens (tertiary/aromatic N) is 5. The Morgan fingerprint density at radius 3 is 2.25 bits per heavy atom. The minimum absolute atomic E-state index is 0.0257. The molecule has 1 aliphatic heterocycles. The van der Waals surface area contributed by atoms with Crippen molar-refractivity contribution in [3.8, 4) is 11.3 Å². The third-order valence-corrected chi connectivity index (χ3v) is 6.36. The molecule has 1 saturated heterocycles. The number of pyridine rings is 1. The Bertz CT molecular complexity index is 1220. The molecular weight excluding hydrogens is 430 g/mol. The lowest BCUT2D eigenvalue weighted by Gasteiger charge is -2.28. The van der Waals surface area contributed by atoms with Gasteiger partial charge in [-0.2, -0.15) is 5.10 Å². The summed E-state index contributed by atoms with van der Waals surface area (Å²) in [7, 11) is -3.29. The third-order valence-electron chi connectivity index (χ3n) is 5.23. The normalized spacial score (nSPS) is 14.0. The molecule has 2 aromatic heterocycles. The molecule has 2 amide bonds. The van der Waals surface area contributed by atoms with Crippen molar-refractivity contribution in [2.45, 2.75) is 24.3 Å². The van der Waals surface area contributed by atoms with Crippen LogP contribution in [0.5, 0.6) is 0 Å². The second kappa shape index (κ2) is 8.91. The van der Waals surface area contributed by atoms with Crippen molar-refractivity contribution in [3.05, 3.63) is 66.6 Å². The molecule has 0 aliphatic carbocycles. The SMILES string of the molecule is CS(=O)(=O)c1ccc(CC(=O)N2CCCN2C(=O)Cn2ccc(-c3ccncc3)n2)cc1. The van der Waals surface area contributed by atoms with Crippen molar-refractivity contribution in [3.63, 3.8) is 0 Å². The van der Waals surface area contributed by atoms with Gasteiger partial charge in [-0.25, -0.2) is 13.4 Å². The van der Waals surface area contributed by atoms with Crippen LogP contribution in [0, 0.1) is 0 Å². The molecule has 10 heteroatoms. The van der Waals surface area contributed by atoms with E-state index in [0.717, 1.165) is 17.5 Å². The fraction of sp³-hybridized carbons (Fsp3) is 0.273. The van der Waals surface area contributed by atoms with Crippen LogP contribution in [0.25, 0.3) is 11.3 Å². The summed E-state index contributed by atoms with van der Waals surface area (Å²) in [6.07, 6.45) is 7.03. The smallest absolute Gasteiger partial charge is 0.262 e. The fourth-order valence-electron chi connectivity index (χ4n) is 3.60. The number of hydrogen-bond donors (Lipinski definition) is 0. The lowest BCUT2D eigenvalue weighted by molar-refractivity contribution is -0.158. The molecule has 3 aromatic rings. The molecule has 0 saturated carbocycles. The van der Waals surface area contributed by atoms with Gasteiger partial charge in [0, 0.05) is 43.5 Å². The first kappa shape index (κ1) is 21.7. The van der Waals surface area contributed by atoms with Crippen LogP contribution in [0.2, 0.25) is 0 Å². The molecule has 32 heavy (non-hydrogen) atoms. The maximum atomic E-state index is 12.9. The lowest BCUT2D eigenvalue weighted by Crippen LogP contribution is -2.46. The molecule has 0 radical (unpaired) electrons. The van der Waals surface area contributed by atoms with E-state index in [1.54, 1.807) is 35.4 Å². The number of aromatic nitrogens is 3. The van der Waals surface area contributed by atoms with Crippen LogP contribution in [-0.2, 0) is 32.4 Å². The predicted octanol–water partition coefficient (Wildman–Crippen LogP) is 1.57. The zero-order valence-corrected chi connectivity index (χ0v) is 18.4. The first-order chi connectivity index (χ1) is 15.3. The van der Waals surface area contributed by atoms with Crippen LogP contribution in [0.3, 0.4) is 0 Å². The molecule has 0 unspecified atom stereocenters. The molecule has 1 aromatic carbocycles. The molecule has 0 atom stereocenters. The maximum absolute atomic E-state index is 12.9. The summed E-state index contributed by atoms with van der Waals surface area (Å²) in [6.45, 7) is 0.960. The molecule has 9 nitrogen and oxygen atoms in total. The first-order valence-electron chi connectivity index (χ1n) is 10.1. The molecule has 1 fully saturated rings. The van der Waals surface area contributed by atoms with E-state index in [1.807, 2.05) is 18.2 Å². The van der Waals surface area contributed by atoms with E-state index in [0.29, 0.717) is 25.1 Å². The van der Waals surface area contributed by atoms with Crippen LogP contribution in [0.15, 0.2) is 66.0 Å². The van der Waals surface area contributed by atoms with E-state index in [4.69, 9.17) is 0 Å². The van der Waals surface area contributed by atoms with Gasteiger partial charge in [-0.1, -0.05) is 12.1 Å². The Labute approximate surface area is 186 Å². The van der Waals surface area contributed by atoms with Gasteiger partial charge in [-0.05, 0) is 42.3 Å². The molecule has 4 rings (SSSR count). The molecule has 0 bridgehead atoms. The second-order valence-electron chi connectivity index (χ2n) is 7.61. The largest absolute Gasteiger partial charge is 0.273 e. The third kappa shape index (κ3) is 4.86. The number of sulfone groups is 1. The Morgan fingerprint density at radius 2 is 1.59 bits per heavy atom. The number of benzene rings is 1. The minimum Gasteiger partial charge on any atom is -0.273 e. The summed E-state index contributed by atoms with van der Waals surface area (Å²) in [4.78, 5) is 29.9. The highest BCUT2D eigenvalue weighted by Crippen LogP contribution is 2.18. The Hall–Kier alpha value is -3.53. The number of carbonyl (C=O) groups excluding carboxylic acids is 2. The molecule has 0 spiro atoms. The van der Waals surface area contributed by atoms with Crippen LogP contribution in [0.4, 0.5) is 0 Å². The zero-order valence-electron chi connectivity index (χ0n) is 17.6. The molecular formula is C22H23N5O4S.